The lowest BCUT2D eigenvalue weighted by Crippen LogP contribution is -2.66. The van der Waals surface area contributed by atoms with Gasteiger partial charge < -0.3 is 15.4 Å². The van der Waals surface area contributed by atoms with E-state index in [1.54, 1.807) is 38.6 Å². The van der Waals surface area contributed by atoms with Gasteiger partial charge in [-0.15, -0.1) is 0 Å². The van der Waals surface area contributed by atoms with Gasteiger partial charge in [0.15, 0.2) is 0 Å². The highest BCUT2D eigenvalue weighted by molar-refractivity contribution is 7.81. The van der Waals surface area contributed by atoms with Crippen LogP contribution >= 0.6 is 0 Å². The van der Waals surface area contributed by atoms with Crippen LogP contribution in [0, 0.1) is 5.92 Å². The fourth-order valence-electron chi connectivity index (χ4n) is 4.28. The van der Waals surface area contributed by atoms with Crippen molar-refractivity contribution in [2.45, 2.75) is 24.9 Å². The van der Waals surface area contributed by atoms with Gasteiger partial charge in [-0.2, -0.15) is 0 Å². The normalized spacial score (nSPS) is 18.1. The minimum Gasteiger partial charge on any atom is -0.497 e. The molecule has 0 saturated carbocycles. The molecule has 2 N–H and O–H groups in total. The van der Waals surface area contributed by atoms with Crippen molar-refractivity contribution in [3.8, 4) is 5.75 Å². The van der Waals surface area contributed by atoms with E-state index in [9.17, 15) is 18.6 Å². The van der Waals surface area contributed by atoms with Crippen LogP contribution in [0.1, 0.15) is 28.8 Å². The molecule has 2 rings (SSSR count). The van der Waals surface area contributed by atoms with Crippen molar-refractivity contribution in [1.82, 2.24) is 19.8 Å². The zero-order valence-corrected chi connectivity index (χ0v) is 19.4. The number of aldehydes is 1. The maximum absolute atomic E-state index is 13.0. The van der Waals surface area contributed by atoms with Crippen molar-refractivity contribution >= 4 is 29.6 Å². The number of methoxy groups -OCH3 is 1. The number of carbonyl (C=O) groups excluding carboxylic acids is 3. The van der Waals surface area contributed by atoms with E-state index in [1.165, 1.54) is 0 Å². The van der Waals surface area contributed by atoms with Crippen LogP contribution in [0.3, 0.4) is 0 Å². The van der Waals surface area contributed by atoms with Crippen LogP contribution < -0.4 is 15.4 Å². The predicted octanol–water partition coefficient (Wildman–Crippen LogP) is 0.176. The summed E-state index contributed by atoms with van der Waals surface area (Å²) in [6.45, 7) is 1.81. The predicted molar refractivity (Wildman–Crippen MR) is 119 cm³/mol. The molecule has 31 heavy (non-hydrogen) atoms. The van der Waals surface area contributed by atoms with E-state index in [4.69, 9.17) is 4.74 Å². The van der Waals surface area contributed by atoms with E-state index in [0.29, 0.717) is 50.2 Å². The molecule has 1 heterocycles. The van der Waals surface area contributed by atoms with Gasteiger partial charge in [0.05, 0.1) is 18.1 Å². The number of likely N-dealkylation sites (N-methyl/N-ethyl adjacent to an activating group) is 2. The van der Waals surface area contributed by atoms with E-state index >= 15 is 0 Å². The molecule has 1 aromatic rings. The first-order chi connectivity index (χ1) is 14.8. The van der Waals surface area contributed by atoms with Crippen molar-refractivity contribution in [2.24, 2.45) is 5.92 Å². The standard InChI is InChI=1S/C21H32N4O5S/c1-22-20(28)21(23-15-27,18-7-9-25(10-8-18)31(4)29)14-24(2)12-17-11-19(30-3)6-5-16(17)13-26/h5-6,11,13,15,18H,7-10,12,14H2,1-4H3,(H,22,28)(H,23,27). The summed E-state index contributed by atoms with van der Waals surface area (Å²) in [6, 6.07) is 5.22. The third kappa shape index (κ3) is 5.90. The lowest BCUT2D eigenvalue weighted by Gasteiger charge is -2.44. The number of hydrogen-bond acceptors (Lipinski definition) is 6. The maximum Gasteiger partial charge on any atom is 0.247 e. The second-order valence-electron chi connectivity index (χ2n) is 7.79. The Hall–Kier alpha value is -2.30. The molecule has 2 unspecified atom stereocenters. The first kappa shape index (κ1) is 25.0. The summed E-state index contributed by atoms with van der Waals surface area (Å²) in [5.74, 6) is 0.233. The first-order valence-corrected chi connectivity index (χ1v) is 11.7. The van der Waals surface area contributed by atoms with Gasteiger partial charge in [0.1, 0.15) is 17.6 Å². The van der Waals surface area contributed by atoms with E-state index in [2.05, 4.69) is 10.6 Å². The van der Waals surface area contributed by atoms with E-state index < -0.39 is 16.5 Å². The number of hydrogen-bond donors (Lipinski definition) is 2. The zero-order chi connectivity index (χ0) is 23.0. The number of piperidine rings is 1. The maximum atomic E-state index is 13.0. The Morgan fingerprint density at radius 2 is 2.03 bits per heavy atom. The fourth-order valence-corrected chi connectivity index (χ4v) is 5.01. The van der Waals surface area contributed by atoms with Gasteiger partial charge in [0.25, 0.3) is 0 Å². The number of amides is 2. The monoisotopic (exact) mass is 452 g/mol. The quantitative estimate of drug-likeness (QED) is 0.464. The topological polar surface area (TPSA) is 108 Å². The molecule has 172 valence electrons. The molecule has 0 radical (unpaired) electrons. The highest BCUT2D eigenvalue weighted by Crippen LogP contribution is 2.31. The van der Waals surface area contributed by atoms with Crippen LogP contribution in [0.4, 0.5) is 0 Å². The summed E-state index contributed by atoms with van der Waals surface area (Å²) in [4.78, 5) is 38.0. The number of ether oxygens (including phenoxy) is 1. The summed E-state index contributed by atoms with van der Waals surface area (Å²) in [7, 11) is 3.88. The van der Waals surface area contributed by atoms with Crippen LogP contribution in [-0.4, -0.2) is 84.7 Å². The largest absolute Gasteiger partial charge is 0.497 e. The lowest BCUT2D eigenvalue weighted by atomic mass is 9.76. The van der Waals surface area contributed by atoms with Crippen LogP contribution in [0.25, 0.3) is 0 Å². The van der Waals surface area contributed by atoms with Gasteiger partial charge in [0.2, 0.25) is 12.3 Å². The number of nitrogens with zero attached hydrogens (tertiary/aromatic N) is 2. The fraction of sp³-hybridized carbons (Fsp3) is 0.571. The number of nitrogens with one attached hydrogen (secondary N) is 2. The van der Waals surface area contributed by atoms with Gasteiger partial charge >= 0.3 is 0 Å². The molecule has 1 aromatic carbocycles. The highest BCUT2D eigenvalue weighted by Gasteiger charge is 2.47. The lowest BCUT2D eigenvalue weighted by molar-refractivity contribution is -0.134. The molecule has 0 aromatic heterocycles. The molecule has 1 saturated heterocycles. The van der Waals surface area contributed by atoms with Crippen LogP contribution in [0.5, 0.6) is 5.75 Å². The number of carbonyl (C=O) groups is 3. The Labute approximate surface area is 186 Å². The number of benzene rings is 1. The van der Waals surface area contributed by atoms with Crippen molar-refractivity contribution < 1.29 is 23.3 Å². The van der Waals surface area contributed by atoms with Crippen LogP contribution in [0.15, 0.2) is 18.2 Å². The van der Waals surface area contributed by atoms with Gasteiger partial charge in [-0.05, 0) is 49.6 Å². The average Bonchev–Trinajstić information content (AvgIpc) is 2.78. The smallest absolute Gasteiger partial charge is 0.247 e. The second-order valence-corrected chi connectivity index (χ2v) is 9.16. The molecule has 2 atom stereocenters. The molecule has 0 spiro atoms. The Balaban J connectivity index is 2.29. The van der Waals surface area contributed by atoms with Gasteiger partial charge in [-0.25, -0.2) is 8.51 Å². The SMILES string of the molecule is CNC(=O)C(CN(C)Cc1cc(OC)ccc1C=O)(NC=O)C1CCN(S(C)=O)CC1. The van der Waals surface area contributed by atoms with Gasteiger partial charge in [-0.3, -0.25) is 19.3 Å². The Kier molecular flexibility index (Phi) is 9.15. The molecular formula is C21H32N4O5S. The third-order valence-electron chi connectivity index (χ3n) is 5.90. The number of rotatable bonds is 11. The highest BCUT2D eigenvalue weighted by atomic mass is 32.2. The Morgan fingerprint density at radius 3 is 2.55 bits per heavy atom. The molecule has 0 aliphatic carbocycles. The summed E-state index contributed by atoms with van der Waals surface area (Å²) in [6.07, 6.45) is 4.25. The first-order valence-electron chi connectivity index (χ1n) is 10.1. The zero-order valence-electron chi connectivity index (χ0n) is 18.6. The summed E-state index contributed by atoms with van der Waals surface area (Å²) in [5.41, 5.74) is 0.164. The average molecular weight is 453 g/mol. The molecular weight excluding hydrogens is 420 g/mol. The van der Waals surface area contributed by atoms with Crippen molar-refractivity contribution in [3.05, 3.63) is 29.3 Å². The van der Waals surface area contributed by atoms with Gasteiger partial charge in [-0.1, -0.05) is 0 Å². The second kappa shape index (κ2) is 11.4. The molecule has 2 amide bonds. The minimum absolute atomic E-state index is 0.129. The van der Waals surface area contributed by atoms with E-state index in [0.717, 1.165) is 11.8 Å². The molecule has 1 aliphatic heterocycles. The van der Waals surface area contributed by atoms with E-state index in [-0.39, 0.29) is 18.4 Å². The minimum atomic E-state index is -1.15. The summed E-state index contributed by atoms with van der Waals surface area (Å²) in [5, 5.41) is 5.50. The van der Waals surface area contributed by atoms with Crippen molar-refractivity contribution in [3.63, 3.8) is 0 Å². The van der Waals surface area contributed by atoms with Crippen molar-refractivity contribution in [2.75, 3.05) is 47.1 Å². The Morgan fingerprint density at radius 1 is 1.35 bits per heavy atom. The van der Waals surface area contributed by atoms with Crippen LogP contribution in [-0.2, 0) is 27.1 Å². The van der Waals surface area contributed by atoms with Crippen molar-refractivity contribution in [1.29, 1.82) is 0 Å². The molecule has 10 heteroatoms. The van der Waals surface area contributed by atoms with Gasteiger partial charge in [0, 0.05) is 45.0 Å². The molecule has 0 bridgehead atoms. The Bertz CT molecular complexity index is 813. The summed E-state index contributed by atoms with van der Waals surface area (Å²) >= 11 is 0. The molecule has 1 aliphatic rings. The van der Waals surface area contributed by atoms with E-state index in [1.807, 2.05) is 16.3 Å². The van der Waals surface area contributed by atoms with Crippen LogP contribution in [0.2, 0.25) is 0 Å². The molecule has 9 nitrogen and oxygen atoms in total. The molecule has 1 fully saturated rings. The third-order valence-corrected chi connectivity index (χ3v) is 6.99. The summed E-state index contributed by atoms with van der Waals surface area (Å²) < 4.78 is 18.9.